The van der Waals surface area contributed by atoms with Gasteiger partial charge in [-0.3, -0.25) is 4.79 Å². The van der Waals surface area contributed by atoms with Gasteiger partial charge < -0.3 is 20.5 Å². The second kappa shape index (κ2) is 4.81. The van der Waals surface area contributed by atoms with Gasteiger partial charge in [0.1, 0.15) is 13.2 Å². The summed E-state index contributed by atoms with van der Waals surface area (Å²) in [5, 5.41) is 3.02. The van der Waals surface area contributed by atoms with Gasteiger partial charge >= 0.3 is 0 Å². The Hall–Kier alpha value is -1.46. The fourth-order valence-electron chi connectivity index (χ4n) is 1.41. The van der Waals surface area contributed by atoms with Crippen molar-refractivity contribution in [2.75, 3.05) is 18.5 Å². The number of hydrogen-bond acceptors (Lipinski definition) is 4. The Kier molecular flexibility index (Phi) is 3.40. The first-order valence-corrected chi connectivity index (χ1v) is 5.61. The summed E-state index contributed by atoms with van der Waals surface area (Å²) in [7, 11) is 0. The topological polar surface area (TPSA) is 73.6 Å². The van der Waals surface area contributed by atoms with E-state index in [9.17, 15) is 4.79 Å². The van der Waals surface area contributed by atoms with Gasteiger partial charge in [-0.05, 0) is 6.92 Å². The van der Waals surface area contributed by atoms with Crippen LogP contribution in [0.25, 0.3) is 0 Å². The monoisotopic (exact) mass is 256 g/mol. The molecule has 1 atom stereocenters. The normalized spacial score (nSPS) is 15.2. The van der Waals surface area contributed by atoms with Gasteiger partial charge in [0.05, 0.1) is 16.8 Å². The lowest BCUT2D eigenvalue weighted by atomic mass is 10.2. The molecule has 1 amide bonds. The lowest BCUT2D eigenvalue weighted by molar-refractivity contribution is -0.117. The largest absolute Gasteiger partial charge is 0.486 e. The summed E-state index contributed by atoms with van der Waals surface area (Å²) in [4.78, 5) is 11.5. The van der Waals surface area contributed by atoms with Crippen molar-refractivity contribution in [3.05, 3.63) is 17.2 Å². The highest BCUT2D eigenvalue weighted by Crippen LogP contribution is 2.37. The van der Waals surface area contributed by atoms with Crippen LogP contribution in [0.1, 0.15) is 6.92 Å². The highest BCUT2D eigenvalue weighted by atomic mass is 35.5. The highest BCUT2D eigenvalue weighted by molar-refractivity contribution is 6.34. The maximum Gasteiger partial charge on any atom is 0.241 e. The van der Waals surface area contributed by atoms with Gasteiger partial charge in [-0.2, -0.15) is 0 Å². The molecule has 0 spiro atoms. The van der Waals surface area contributed by atoms with Crippen LogP contribution in [0.4, 0.5) is 5.69 Å². The lowest BCUT2D eigenvalue weighted by Crippen LogP contribution is -2.32. The molecule has 0 saturated heterocycles. The molecule has 1 aromatic rings. The third kappa shape index (κ3) is 2.62. The van der Waals surface area contributed by atoms with Crippen LogP contribution in [0.5, 0.6) is 11.5 Å². The molecule has 6 heteroatoms. The number of halogens is 1. The maximum atomic E-state index is 11.5. The number of anilines is 1. The number of hydrogen-bond donors (Lipinski definition) is 2. The number of carbonyl (C=O) groups excluding carboxylic acids is 1. The number of nitrogens with two attached hydrogens (primary N) is 1. The van der Waals surface area contributed by atoms with Gasteiger partial charge in [0, 0.05) is 12.1 Å². The Morgan fingerprint density at radius 3 is 2.59 bits per heavy atom. The first kappa shape index (κ1) is 12.0. The smallest absolute Gasteiger partial charge is 0.241 e. The fraction of sp³-hybridized carbons (Fsp3) is 0.364. The van der Waals surface area contributed by atoms with E-state index in [1.54, 1.807) is 19.1 Å². The summed E-state index contributed by atoms with van der Waals surface area (Å²) in [5.74, 6) is 0.851. The molecule has 0 bridgehead atoms. The van der Waals surface area contributed by atoms with E-state index in [1.165, 1.54) is 0 Å². The number of carbonyl (C=O) groups is 1. The van der Waals surface area contributed by atoms with E-state index in [-0.39, 0.29) is 5.91 Å². The van der Waals surface area contributed by atoms with Crippen LogP contribution < -0.4 is 20.5 Å². The average Bonchev–Trinajstić information content (AvgIpc) is 2.29. The fourth-order valence-corrected chi connectivity index (χ4v) is 1.61. The molecule has 2 rings (SSSR count). The number of rotatable bonds is 2. The van der Waals surface area contributed by atoms with Gasteiger partial charge in [-0.1, -0.05) is 11.6 Å². The number of ether oxygens (including phenoxy) is 2. The quantitative estimate of drug-likeness (QED) is 0.839. The molecule has 17 heavy (non-hydrogen) atoms. The molecule has 92 valence electrons. The maximum absolute atomic E-state index is 11.5. The minimum absolute atomic E-state index is 0.302. The average molecular weight is 257 g/mol. The van der Waals surface area contributed by atoms with E-state index < -0.39 is 6.04 Å². The van der Waals surface area contributed by atoms with Gasteiger partial charge in [0.25, 0.3) is 0 Å². The first-order valence-electron chi connectivity index (χ1n) is 5.23. The molecule has 0 radical (unpaired) electrons. The van der Waals surface area contributed by atoms with Gasteiger partial charge in [-0.25, -0.2) is 0 Å². The predicted octanol–water partition coefficient (Wildman–Crippen LogP) is 1.40. The van der Waals surface area contributed by atoms with E-state index >= 15 is 0 Å². The molecular formula is C11H13ClN2O3. The molecular weight excluding hydrogens is 244 g/mol. The Bertz CT molecular complexity index is 449. The third-order valence-corrected chi connectivity index (χ3v) is 2.62. The molecule has 0 fully saturated rings. The first-order chi connectivity index (χ1) is 8.08. The number of amides is 1. The number of fused-ring (bicyclic) bond motifs is 1. The van der Waals surface area contributed by atoms with E-state index in [2.05, 4.69) is 5.32 Å². The van der Waals surface area contributed by atoms with E-state index in [4.69, 9.17) is 26.8 Å². The minimum atomic E-state index is -0.598. The van der Waals surface area contributed by atoms with Crippen LogP contribution in [0.2, 0.25) is 5.02 Å². The zero-order valence-electron chi connectivity index (χ0n) is 9.33. The summed E-state index contributed by atoms with van der Waals surface area (Å²) in [6.07, 6.45) is 0. The molecule has 0 saturated carbocycles. The Morgan fingerprint density at radius 1 is 1.41 bits per heavy atom. The molecule has 3 N–H and O–H groups in total. The van der Waals surface area contributed by atoms with Gasteiger partial charge in [0.15, 0.2) is 11.5 Å². The molecule has 1 unspecified atom stereocenters. The summed E-state index contributed by atoms with van der Waals surface area (Å²) in [6, 6.07) is 2.66. The van der Waals surface area contributed by atoms with Crippen molar-refractivity contribution in [3.63, 3.8) is 0 Å². The van der Waals surface area contributed by atoms with E-state index in [0.29, 0.717) is 35.4 Å². The molecule has 1 heterocycles. The second-order valence-corrected chi connectivity index (χ2v) is 4.16. The standard InChI is InChI=1S/C11H13ClN2O3/c1-6(13)11(15)14-8-5-10-9(4-7(8)12)16-2-3-17-10/h4-6H,2-3,13H2,1H3,(H,14,15). The molecule has 0 aliphatic carbocycles. The lowest BCUT2D eigenvalue weighted by Gasteiger charge is -2.20. The Labute approximate surface area is 104 Å². The number of nitrogens with one attached hydrogen (secondary N) is 1. The van der Waals surface area contributed by atoms with Gasteiger partial charge in [-0.15, -0.1) is 0 Å². The van der Waals surface area contributed by atoms with Crippen molar-refractivity contribution < 1.29 is 14.3 Å². The zero-order chi connectivity index (χ0) is 12.4. The van der Waals surface area contributed by atoms with Crippen LogP contribution in [-0.2, 0) is 4.79 Å². The highest BCUT2D eigenvalue weighted by Gasteiger charge is 2.17. The van der Waals surface area contributed by atoms with Crippen LogP contribution in [0, 0.1) is 0 Å². The number of benzene rings is 1. The molecule has 1 aliphatic heterocycles. The summed E-state index contributed by atoms with van der Waals surface area (Å²) in [5.41, 5.74) is 5.93. The van der Waals surface area contributed by atoms with Crippen LogP contribution in [0.3, 0.4) is 0 Å². The summed E-state index contributed by atoms with van der Waals surface area (Å²) in [6.45, 7) is 2.57. The minimum Gasteiger partial charge on any atom is -0.486 e. The van der Waals surface area contributed by atoms with Crippen LogP contribution in [-0.4, -0.2) is 25.2 Å². The third-order valence-electron chi connectivity index (χ3n) is 2.30. The summed E-state index contributed by atoms with van der Waals surface area (Å²) < 4.78 is 10.8. The van der Waals surface area contributed by atoms with Crippen molar-refractivity contribution >= 4 is 23.2 Å². The zero-order valence-corrected chi connectivity index (χ0v) is 10.1. The second-order valence-electron chi connectivity index (χ2n) is 3.75. The SMILES string of the molecule is CC(N)C(=O)Nc1cc2c(cc1Cl)OCCO2. The van der Waals surface area contributed by atoms with Crippen LogP contribution in [0.15, 0.2) is 12.1 Å². The molecule has 1 aliphatic rings. The van der Waals surface area contributed by atoms with Crippen molar-refractivity contribution in [2.24, 2.45) is 5.73 Å². The van der Waals surface area contributed by atoms with Crippen molar-refractivity contribution in [1.29, 1.82) is 0 Å². The molecule has 5 nitrogen and oxygen atoms in total. The predicted molar refractivity (Wildman–Crippen MR) is 64.7 cm³/mol. The Balaban J connectivity index is 2.26. The van der Waals surface area contributed by atoms with Crippen LogP contribution >= 0.6 is 11.6 Å². The van der Waals surface area contributed by atoms with E-state index in [1.807, 2.05) is 0 Å². The molecule has 1 aromatic carbocycles. The van der Waals surface area contributed by atoms with E-state index in [0.717, 1.165) is 0 Å². The van der Waals surface area contributed by atoms with Crippen molar-refractivity contribution in [2.45, 2.75) is 13.0 Å². The summed E-state index contributed by atoms with van der Waals surface area (Å²) >= 11 is 6.02. The molecule has 0 aromatic heterocycles. The Morgan fingerprint density at radius 2 is 2.00 bits per heavy atom. The van der Waals surface area contributed by atoms with Crippen molar-refractivity contribution in [1.82, 2.24) is 0 Å². The van der Waals surface area contributed by atoms with Crippen molar-refractivity contribution in [3.8, 4) is 11.5 Å². The van der Waals surface area contributed by atoms with Gasteiger partial charge in [0.2, 0.25) is 5.91 Å².